The molecule has 2 aromatic heterocycles. The average Bonchev–Trinajstić information content (AvgIpc) is 3.25. The van der Waals surface area contributed by atoms with Gasteiger partial charge in [0.15, 0.2) is 0 Å². The summed E-state index contributed by atoms with van der Waals surface area (Å²) in [6.07, 6.45) is 8.79. The number of hydrogen-bond acceptors (Lipinski definition) is 3. The van der Waals surface area contributed by atoms with Crippen molar-refractivity contribution in [2.45, 2.75) is 13.0 Å². The molecule has 0 bridgehead atoms. The molecule has 1 N–H and O–H groups in total. The second-order valence-corrected chi connectivity index (χ2v) is 5.59. The first-order valence-electron chi connectivity index (χ1n) is 7.20. The topological polar surface area (TPSA) is 64.7 Å². The molecule has 3 rings (SSSR count). The Bertz CT molecular complexity index is 783. The lowest BCUT2D eigenvalue weighted by atomic mass is 10.2. The number of carbonyl (C=O) groups excluding carboxylic acids is 1. The van der Waals surface area contributed by atoms with Crippen molar-refractivity contribution in [1.82, 2.24) is 24.6 Å². The van der Waals surface area contributed by atoms with Gasteiger partial charge in [-0.2, -0.15) is 5.10 Å². The Kier molecular flexibility index (Phi) is 4.43. The van der Waals surface area contributed by atoms with Crippen molar-refractivity contribution in [3.05, 3.63) is 66.0 Å². The lowest BCUT2D eigenvalue weighted by Crippen LogP contribution is -2.29. The third-order valence-electron chi connectivity index (χ3n) is 3.56. The van der Waals surface area contributed by atoms with E-state index in [1.165, 1.54) is 0 Å². The van der Waals surface area contributed by atoms with Crippen LogP contribution >= 0.6 is 11.6 Å². The van der Waals surface area contributed by atoms with Crippen LogP contribution in [0.5, 0.6) is 0 Å². The molecule has 2 heterocycles. The number of aromatic nitrogens is 4. The molecule has 1 atom stereocenters. The summed E-state index contributed by atoms with van der Waals surface area (Å²) in [6.45, 7) is 2.49. The molecule has 1 amide bonds. The van der Waals surface area contributed by atoms with Crippen molar-refractivity contribution >= 4 is 17.5 Å². The van der Waals surface area contributed by atoms with Crippen LogP contribution in [0.1, 0.15) is 23.3 Å². The lowest BCUT2D eigenvalue weighted by Gasteiger charge is -2.14. The van der Waals surface area contributed by atoms with E-state index in [1.54, 1.807) is 35.5 Å². The van der Waals surface area contributed by atoms with Gasteiger partial charge >= 0.3 is 0 Å². The van der Waals surface area contributed by atoms with Crippen molar-refractivity contribution < 1.29 is 4.79 Å². The summed E-state index contributed by atoms with van der Waals surface area (Å²) in [6, 6.07) is 7.18. The summed E-state index contributed by atoms with van der Waals surface area (Å²) in [5, 5.41) is 7.47. The van der Waals surface area contributed by atoms with Crippen molar-refractivity contribution in [2.24, 2.45) is 0 Å². The highest BCUT2D eigenvalue weighted by Crippen LogP contribution is 2.19. The number of carbonyl (C=O) groups is 1. The number of nitrogens with zero attached hydrogens (tertiary/aromatic N) is 4. The molecule has 0 saturated heterocycles. The minimum atomic E-state index is -0.212. The number of imidazole rings is 1. The maximum atomic E-state index is 12.4. The van der Waals surface area contributed by atoms with Gasteiger partial charge in [-0.1, -0.05) is 11.6 Å². The van der Waals surface area contributed by atoms with Crippen LogP contribution in [0.3, 0.4) is 0 Å². The quantitative estimate of drug-likeness (QED) is 0.782. The van der Waals surface area contributed by atoms with Crippen LogP contribution in [-0.2, 0) is 0 Å². The van der Waals surface area contributed by atoms with Gasteiger partial charge in [-0.25, -0.2) is 9.67 Å². The Hall–Kier alpha value is -2.60. The molecule has 118 valence electrons. The molecule has 0 aliphatic rings. The van der Waals surface area contributed by atoms with Gasteiger partial charge in [0.05, 0.1) is 22.6 Å². The van der Waals surface area contributed by atoms with Crippen LogP contribution in [-0.4, -0.2) is 31.8 Å². The van der Waals surface area contributed by atoms with E-state index in [1.807, 2.05) is 36.0 Å². The van der Waals surface area contributed by atoms with Gasteiger partial charge in [0.1, 0.15) is 0 Å². The van der Waals surface area contributed by atoms with Crippen molar-refractivity contribution in [3.8, 4) is 5.69 Å². The molecular weight excluding hydrogens is 314 g/mol. The van der Waals surface area contributed by atoms with E-state index in [2.05, 4.69) is 15.4 Å². The Morgan fingerprint density at radius 1 is 1.35 bits per heavy atom. The molecule has 3 aromatic rings. The molecule has 0 aliphatic heterocycles. The van der Waals surface area contributed by atoms with Gasteiger partial charge in [0.25, 0.3) is 5.91 Å². The van der Waals surface area contributed by atoms with Crippen molar-refractivity contribution in [1.29, 1.82) is 0 Å². The Morgan fingerprint density at radius 2 is 2.22 bits per heavy atom. The summed E-state index contributed by atoms with van der Waals surface area (Å²) in [4.78, 5) is 16.4. The highest BCUT2D eigenvalue weighted by molar-refractivity contribution is 6.33. The van der Waals surface area contributed by atoms with Gasteiger partial charge in [-0.05, 0) is 31.2 Å². The normalized spacial score (nSPS) is 12.1. The number of rotatable bonds is 5. The second-order valence-electron chi connectivity index (χ2n) is 5.18. The molecule has 1 aromatic carbocycles. The Balaban J connectivity index is 1.73. The van der Waals surface area contributed by atoms with Gasteiger partial charge in [-0.15, -0.1) is 0 Å². The monoisotopic (exact) mass is 329 g/mol. The minimum Gasteiger partial charge on any atom is -0.350 e. The van der Waals surface area contributed by atoms with Crippen LogP contribution in [0, 0.1) is 0 Å². The molecular formula is C16H16ClN5O. The van der Waals surface area contributed by atoms with Crippen LogP contribution < -0.4 is 5.32 Å². The maximum Gasteiger partial charge on any atom is 0.252 e. The molecule has 6 nitrogen and oxygen atoms in total. The standard InChI is InChI=1S/C16H16ClN5O/c1-12(21-8-6-18-11-21)10-19-16(23)14-9-13(3-4-15(14)17)22-7-2-5-20-22/h2-9,11-12H,10H2,1H3,(H,19,23). The van der Waals surface area contributed by atoms with E-state index in [-0.39, 0.29) is 11.9 Å². The highest BCUT2D eigenvalue weighted by Gasteiger charge is 2.13. The zero-order valence-corrected chi connectivity index (χ0v) is 13.3. The average molecular weight is 330 g/mol. The molecule has 7 heteroatoms. The minimum absolute atomic E-state index is 0.106. The molecule has 0 aliphatic carbocycles. The third kappa shape index (κ3) is 3.43. The molecule has 0 radical (unpaired) electrons. The van der Waals surface area contributed by atoms with Crippen LogP contribution in [0.25, 0.3) is 5.69 Å². The number of nitrogens with one attached hydrogen (secondary N) is 1. The number of hydrogen-bond donors (Lipinski definition) is 1. The van der Waals surface area contributed by atoms with E-state index >= 15 is 0 Å². The van der Waals surface area contributed by atoms with E-state index < -0.39 is 0 Å². The molecule has 23 heavy (non-hydrogen) atoms. The number of halogens is 1. The van der Waals surface area contributed by atoms with Crippen LogP contribution in [0.2, 0.25) is 5.02 Å². The molecule has 0 fully saturated rings. The van der Waals surface area contributed by atoms with Gasteiger partial charge in [-0.3, -0.25) is 4.79 Å². The zero-order valence-electron chi connectivity index (χ0n) is 12.6. The predicted molar refractivity (Wildman–Crippen MR) is 87.8 cm³/mol. The van der Waals surface area contributed by atoms with Gasteiger partial charge in [0.2, 0.25) is 0 Å². The fourth-order valence-electron chi connectivity index (χ4n) is 2.22. The predicted octanol–water partition coefficient (Wildman–Crippen LogP) is 2.71. The van der Waals surface area contributed by atoms with Crippen molar-refractivity contribution in [3.63, 3.8) is 0 Å². The van der Waals surface area contributed by atoms with E-state index in [4.69, 9.17) is 11.6 Å². The zero-order chi connectivity index (χ0) is 16.2. The lowest BCUT2D eigenvalue weighted by molar-refractivity contribution is 0.0948. The molecule has 1 unspecified atom stereocenters. The van der Waals surface area contributed by atoms with Crippen LogP contribution in [0.4, 0.5) is 0 Å². The van der Waals surface area contributed by atoms with Crippen LogP contribution in [0.15, 0.2) is 55.4 Å². The molecule has 0 spiro atoms. The Labute approximate surface area is 138 Å². The van der Waals surface area contributed by atoms with E-state index in [0.29, 0.717) is 17.1 Å². The fraction of sp³-hybridized carbons (Fsp3) is 0.188. The van der Waals surface area contributed by atoms with E-state index in [0.717, 1.165) is 5.69 Å². The number of amides is 1. The molecule has 0 saturated carbocycles. The maximum absolute atomic E-state index is 12.4. The largest absolute Gasteiger partial charge is 0.350 e. The van der Waals surface area contributed by atoms with E-state index in [9.17, 15) is 4.79 Å². The highest BCUT2D eigenvalue weighted by atomic mass is 35.5. The SMILES string of the molecule is CC(CNC(=O)c1cc(-n2cccn2)ccc1Cl)n1ccnc1. The third-order valence-corrected chi connectivity index (χ3v) is 3.88. The summed E-state index contributed by atoms with van der Waals surface area (Å²) >= 11 is 6.16. The second kappa shape index (κ2) is 6.66. The first kappa shape index (κ1) is 15.3. The Morgan fingerprint density at radius 3 is 2.91 bits per heavy atom. The summed E-state index contributed by atoms with van der Waals surface area (Å²) in [5.74, 6) is -0.212. The first-order valence-corrected chi connectivity index (χ1v) is 7.58. The summed E-state index contributed by atoms with van der Waals surface area (Å²) in [5.41, 5.74) is 1.21. The fourth-order valence-corrected chi connectivity index (χ4v) is 2.43. The number of benzene rings is 1. The smallest absolute Gasteiger partial charge is 0.252 e. The van der Waals surface area contributed by atoms with Crippen molar-refractivity contribution in [2.75, 3.05) is 6.54 Å². The summed E-state index contributed by atoms with van der Waals surface area (Å²) in [7, 11) is 0. The van der Waals surface area contributed by atoms with Gasteiger partial charge < -0.3 is 9.88 Å². The summed E-state index contributed by atoms with van der Waals surface area (Å²) < 4.78 is 3.61. The first-order chi connectivity index (χ1) is 11.1. The van der Waals surface area contributed by atoms with Gasteiger partial charge in [0, 0.05) is 37.4 Å².